The molecule has 0 aromatic rings. The minimum absolute atomic E-state index is 0.153. The molecular formula is C14H28N2OS6. The van der Waals surface area contributed by atoms with Gasteiger partial charge in [0.1, 0.15) is 19.5 Å². The van der Waals surface area contributed by atoms with Gasteiger partial charge >= 0.3 is 0 Å². The predicted octanol–water partition coefficient (Wildman–Crippen LogP) is 5.71. The van der Waals surface area contributed by atoms with Gasteiger partial charge < -0.3 is 14.5 Å². The maximum atomic E-state index is 6.32. The molecule has 136 valence electrons. The van der Waals surface area contributed by atoms with Gasteiger partial charge in [0, 0.05) is 28.2 Å². The molecule has 0 fully saturated rings. The predicted molar refractivity (Wildman–Crippen MR) is 121 cm³/mol. The Hall–Kier alpha value is 1.14. The van der Waals surface area contributed by atoms with Crippen molar-refractivity contribution in [2.45, 2.75) is 50.4 Å². The SMILES string of the molecule is CCCC(OC(CCC)SSC(=S)N(C)C)SSC(=S)N(C)C. The minimum Gasteiger partial charge on any atom is -0.363 e. The summed E-state index contributed by atoms with van der Waals surface area (Å²) in [5.41, 5.74) is 0.306. The van der Waals surface area contributed by atoms with Crippen molar-refractivity contribution in [2.24, 2.45) is 0 Å². The lowest BCUT2D eigenvalue weighted by atomic mass is 10.3. The average Bonchev–Trinajstić information content (AvgIpc) is 2.49. The van der Waals surface area contributed by atoms with Crippen molar-refractivity contribution in [3.8, 4) is 0 Å². The van der Waals surface area contributed by atoms with E-state index in [1.165, 1.54) is 0 Å². The van der Waals surface area contributed by atoms with Crippen molar-refractivity contribution in [3.63, 3.8) is 0 Å². The molecule has 0 saturated heterocycles. The van der Waals surface area contributed by atoms with Gasteiger partial charge in [-0.3, -0.25) is 0 Å². The van der Waals surface area contributed by atoms with Crippen LogP contribution in [0.1, 0.15) is 39.5 Å². The average molecular weight is 433 g/mol. The van der Waals surface area contributed by atoms with Gasteiger partial charge in [-0.2, -0.15) is 0 Å². The molecule has 0 aliphatic rings. The molecule has 0 bridgehead atoms. The smallest absolute Gasteiger partial charge is 0.146 e. The summed E-state index contributed by atoms with van der Waals surface area (Å²) in [6.45, 7) is 4.37. The zero-order valence-corrected chi connectivity index (χ0v) is 19.6. The van der Waals surface area contributed by atoms with Crippen molar-refractivity contribution < 1.29 is 4.74 Å². The standard InChI is InChI=1S/C14H28N2OS6/c1-7-9-11(20-22-13(18)15(3)4)17-12(10-8-2)21-23-14(19)16(5)6/h11-12H,7-10H2,1-6H3. The molecule has 0 radical (unpaired) electrons. The van der Waals surface area contributed by atoms with Crippen molar-refractivity contribution in [2.75, 3.05) is 28.2 Å². The van der Waals surface area contributed by atoms with Crippen LogP contribution in [0.4, 0.5) is 0 Å². The van der Waals surface area contributed by atoms with Gasteiger partial charge in [0.05, 0.1) is 0 Å². The summed E-state index contributed by atoms with van der Waals surface area (Å²) in [7, 11) is 14.6. The monoisotopic (exact) mass is 432 g/mol. The molecule has 0 amide bonds. The van der Waals surface area contributed by atoms with E-state index in [4.69, 9.17) is 29.2 Å². The lowest BCUT2D eigenvalue weighted by Gasteiger charge is -2.24. The Bertz CT molecular complexity index is 322. The molecule has 0 aliphatic heterocycles. The van der Waals surface area contributed by atoms with Crippen LogP contribution in [0.3, 0.4) is 0 Å². The Morgan fingerprint density at radius 1 is 0.826 bits per heavy atom. The summed E-state index contributed by atoms with van der Waals surface area (Å²) in [6, 6.07) is 0. The molecule has 9 heteroatoms. The molecule has 23 heavy (non-hydrogen) atoms. The van der Waals surface area contributed by atoms with Gasteiger partial charge in [0.15, 0.2) is 0 Å². The highest BCUT2D eigenvalue weighted by molar-refractivity contribution is 8.84. The first kappa shape index (κ1) is 24.1. The van der Waals surface area contributed by atoms with Gasteiger partial charge in [-0.05, 0) is 34.4 Å². The van der Waals surface area contributed by atoms with E-state index >= 15 is 0 Å². The summed E-state index contributed by atoms with van der Waals surface area (Å²) in [5.74, 6) is 0. The van der Waals surface area contributed by atoms with Gasteiger partial charge in [0.25, 0.3) is 0 Å². The molecule has 0 N–H and O–H groups in total. The fraction of sp³-hybridized carbons (Fsp3) is 0.857. The number of ether oxygens (including phenoxy) is 1. The van der Waals surface area contributed by atoms with E-state index in [-0.39, 0.29) is 10.9 Å². The zero-order valence-electron chi connectivity index (χ0n) is 14.7. The highest BCUT2D eigenvalue weighted by Crippen LogP contribution is 2.38. The van der Waals surface area contributed by atoms with Crippen molar-refractivity contribution in [1.82, 2.24) is 9.80 Å². The van der Waals surface area contributed by atoms with Gasteiger partial charge in [-0.25, -0.2) is 0 Å². The van der Waals surface area contributed by atoms with E-state index in [1.807, 2.05) is 38.0 Å². The number of thiocarbonyl (C=S) groups is 2. The van der Waals surface area contributed by atoms with Gasteiger partial charge in [-0.15, -0.1) is 0 Å². The number of hydrogen-bond donors (Lipinski definition) is 0. The third-order valence-corrected chi connectivity index (χ3v) is 9.54. The molecule has 3 nitrogen and oxygen atoms in total. The Kier molecular flexibility index (Phi) is 15.0. The Labute approximate surface area is 168 Å². The number of hydrogen-bond acceptors (Lipinski definition) is 7. The molecule has 0 aromatic heterocycles. The molecule has 2 atom stereocenters. The summed E-state index contributed by atoms with van der Waals surface area (Å²) in [5, 5.41) is 0. The normalized spacial score (nSPS) is 13.5. The van der Waals surface area contributed by atoms with Crippen LogP contribution in [-0.2, 0) is 4.74 Å². The van der Waals surface area contributed by atoms with E-state index < -0.39 is 0 Å². The van der Waals surface area contributed by atoms with E-state index in [1.54, 1.807) is 43.2 Å². The molecule has 0 aromatic carbocycles. The fourth-order valence-corrected chi connectivity index (χ4v) is 6.62. The molecule has 0 saturated carbocycles. The first-order chi connectivity index (χ1) is 10.8. The second-order valence-electron chi connectivity index (χ2n) is 5.25. The maximum Gasteiger partial charge on any atom is 0.146 e. The number of rotatable bonds is 10. The Balaban J connectivity index is 4.49. The summed E-state index contributed by atoms with van der Waals surface area (Å²) in [6.07, 6.45) is 4.24. The molecule has 0 rings (SSSR count). The second kappa shape index (κ2) is 14.3. The minimum atomic E-state index is 0.153. The van der Waals surface area contributed by atoms with Crippen LogP contribution in [0.2, 0.25) is 0 Å². The first-order valence-electron chi connectivity index (χ1n) is 7.56. The molecule has 2 unspecified atom stereocenters. The third kappa shape index (κ3) is 12.2. The van der Waals surface area contributed by atoms with Crippen LogP contribution >= 0.6 is 67.6 Å². The zero-order chi connectivity index (χ0) is 17.8. The van der Waals surface area contributed by atoms with Gasteiger partial charge in [0.2, 0.25) is 0 Å². The van der Waals surface area contributed by atoms with Gasteiger partial charge in [-0.1, -0.05) is 72.7 Å². The first-order valence-corrected chi connectivity index (χ1v) is 12.8. The van der Waals surface area contributed by atoms with Crippen molar-refractivity contribution in [1.29, 1.82) is 0 Å². The number of nitrogens with zero attached hydrogens (tertiary/aromatic N) is 2. The van der Waals surface area contributed by atoms with Crippen LogP contribution < -0.4 is 0 Å². The van der Waals surface area contributed by atoms with Crippen LogP contribution in [0, 0.1) is 0 Å². The van der Waals surface area contributed by atoms with Crippen molar-refractivity contribution in [3.05, 3.63) is 0 Å². The summed E-state index contributed by atoms with van der Waals surface area (Å²) >= 11 is 10.7. The van der Waals surface area contributed by atoms with E-state index in [0.29, 0.717) is 0 Å². The lowest BCUT2D eigenvalue weighted by molar-refractivity contribution is 0.0826. The maximum absolute atomic E-state index is 6.32. The Morgan fingerprint density at radius 3 is 1.43 bits per heavy atom. The van der Waals surface area contributed by atoms with Crippen molar-refractivity contribution >= 4 is 76.3 Å². The molecule has 0 spiro atoms. The van der Waals surface area contributed by atoms with Crippen LogP contribution in [0.25, 0.3) is 0 Å². The van der Waals surface area contributed by atoms with E-state index in [0.717, 1.165) is 34.3 Å². The molecule has 0 aliphatic carbocycles. The van der Waals surface area contributed by atoms with Crippen LogP contribution in [0.5, 0.6) is 0 Å². The topological polar surface area (TPSA) is 15.7 Å². The second-order valence-corrected chi connectivity index (χ2v) is 11.2. The quantitative estimate of drug-likeness (QED) is 0.243. The highest BCUT2D eigenvalue weighted by Gasteiger charge is 2.19. The summed E-state index contributed by atoms with van der Waals surface area (Å²) < 4.78 is 8.07. The third-order valence-electron chi connectivity index (χ3n) is 2.54. The van der Waals surface area contributed by atoms with E-state index in [9.17, 15) is 0 Å². The molecule has 0 heterocycles. The van der Waals surface area contributed by atoms with Crippen LogP contribution in [-0.4, -0.2) is 57.5 Å². The lowest BCUT2D eigenvalue weighted by Crippen LogP contribution is -2.20. The fourth-order valence-electron chi connectivity index (χ4n) is 1.26. The Morgan fingerprint density at radius 2 is 1.17 bits per heavy atom. The van der Waals surface area contributed by atoms with Crippen LogP contribution in [0.15, 0.2) is 0 Å². The highest BCUT2D eigenvalue weighted by atomic mass is 33.1. The van der Waals surface area contributed by atoms with E-state index in [2.05, 4.69) is 13.8 Å². The summed E-state index contributed by atoms with van der Waals surface area (Å²) in [4.78, 5) is 3.92. The largest absolute Gasteiger partial charge is 0.363 e. The molecular weight excluding hydrogens is 405 g/mol.